The van der Waals surface area contributed by atoms with Gasteiger partial charge < -0.3 is 10.2 Å². The molecule has 3 rings (SSSR count). The van der Waals surface area contributed by atoms with Crippen LogP contribution in [0.15, 0.2) is 36.9 Å². The Morgan fingerprint density at radius 2 is 2.08 bits per heavy atom. The van der Waals surface area contributed by atoms with Crippen molar-refractivity contribution in [2.75, 3.05) is 31.1 Å². The van der Waals surface area contributed by atoms with E-state index in [-0.39, 0.29) is 23.6 Å². The van der Waals surface area contributed by atoms with Crippen LogP contribution in [0.25, 0.3) is 0 Å². The van der Waals surface area contributed by atoms with E-state index in [2.05, 4.69) is 16.8 Å². The summed E-state index contributed by atoms with van der Waals surface area (Å²) in [5.41, 5.74) is 0.777. The van der Waals surface area contributed by atoms with Crippen LogP contribution in [0, 0.1) is 10.8 Å². The molecule has 25 heavy (non-hydrogen) atoms. The topological polar surface area (TPSA) is 55.7 Å². The van der Waals surface area contributed by atoms with Crippen LogP contribution < -0.4 is 10.2 Å². The van der Waals surface area contributed by atoms with E-state index in [4.69, 9.17) is 0 Å². The highest BCUT2D eigenvalue weighted by Gasteiger charge is 2.47. The van der Waals surface area contributed by atoms with Crippen LogP contribution in [-0.2, 0) is 4.79 Å². The number of nitrogens with one attached hydrogen (secondary N) is 1. The molecule has 2 atom stereocenters. The molecule has 0 aromatic heterocycles. The van der Waals surface area contributed by atoms with Crippen molar-refractivity contribution in [3.8, 4) is 0 Å². The van der Waals surface area contributed by atoms with Crippen LogP contribution >= 0.6 is 0 Å². The van der Waals surface area contributed by atoms with Gasteiger partial charge in [0.1, 0.15) is 4.87 Å². The van der Waals surface area contributed by atoms with Crippen molar-refractivity contribution in [2.24, 2.45) is 5.92 Å². The molecule has 2 aliphatic heterocycles. The largest absolute Gasteiger partial charge is 0.352 e. The van der Waals surface area contributed by atoms with Gasteiger partial charge in [0.15, 0.2) is 6.17 Å². The summed E-state index contributed by atoms with van der Waals surface area (Å²) in [4.78, 5) is 26.5. The van der Waals surface area contributed by atoms with E-state index in [1.165, 1.54) is 18.2 Å². The number of benzene rings is 1. The lowest BCUT2D eigenvalue weighted by atomic mass is 10.0. The minimum absolute atomic E-state index is 0.0238. The molecule has 1 N–H and O–H groups in total. The highest BCUT2D eigenvalue weighted by atomic mass is 19.3. The van der Waals surface area contributed by atoms with E-state index in [1.54, 1.807) is 17.1 Å². The number of rotatable bonds is 5. The molecule has 2 heterocycles. The second-order valence-electron chi connectivity index (χ2n) is 6.33. The zero-order chi connectivity index (χ0) is 18.0. The SMILES string of the molecule is C=CC(=O)NCC1CN(c2ccc(C(F)F)cc2)C2CC[N+](=O)N2C1. The molecule has 1 aromatic carbocycles. The third-order valence-corrected chi connectivity index (χ3v) is 4.70. The second kappa shape index (κ2) is 7.16. The zero-order valence-electron chi connectivity index (χ0n) is 13.8. The van der Waals surface area contributed by atoms with Crippen LogP contribution in [-0.4, -0.2) is 48.1 Å². The normalized spacial score (nSPS) is 22.9. The fourth-order valence-electron chi connectivity index (χ4n) is 3.44. The fourth-order valence-corrected chi connectivity index (χ4v) is 3.44. The van der Waals surface area contributed by atoms with E-state index in [1.807, 2.05) is 0 Å². The van der Waals surface area contributed by atoms with Crippen molar-refractivity contribution < 1.29 is 18.4 Å². The lowest BCUT2D eigenvalue weighted by Gasteiger charge is -2.40. The van der Waals surface area contributed by atoms with Gasteiger partial charge >= 0.3 is 0 Å². The Morgan fingerprint density at radius 3 is 2.72 bits per heavy atom. The summed E-state index contributed by atoms with van der Waals surface area (Å²) >= 11 is 0. The van der Waals surface area contributed by atoms with Gasteiger partial charge in [-0.2, -0.15) is 0 Å². The minimum atomic E-state index is -2.50. The molecule has 2 saturated heterocycles. The van der Waals surface area contributed by atoms with Gasteiger partial charge in [-0.05, 0) is 18.2 Å². The average Bonchev–Trinajstić information content (AvgIpc) is 3.00. The van der Waals surface area contributed by atoms with E-state index < -0.39 is 6.43 Å². The van der Waals surface area contributed by atoms with Gasteiger partial charge in [0.05, 0.1) is 17.9 Å². The Bertz CT molecular complexity index is 665. The second-order valence-corrected chi connectivity index (χ2v) is 6.33. The molecule has 0 radical (unpaired) electrons. The molecular formula is C17H21F2N4O2+. The number of anilines is 1. The standard InChI is InChI=1S/C17H20F2N4O2/c1-2-15(24)20-9-12-10-21(16-7-8-23(25)22(16)11-12)14-5-3-13(4-6-14)17(18)19/h2-6,12,16-17H,1,7-11H2/p+1. The Labute approximate surface area is 144 Å². The number of hydrogen-bond donors (Lipinski definition) is 1. The Hall–Kier alpha value is -2.51. The fraction of sp³-hybridized carbons (Fsp3) is 0.471. The number of nitrogens with zero attached hydrogens (tertiary/aromatic N) is 3. The van der Waals surface area contributed by atoms with Gasteiger partial charge in [-0.25, -0.2) is 8.78 Å². The molecular weight excluding hydrogens is 330 g/mol. The molecule has 0 bridgehead atoms. The highest BCUT2D eigenvalue weighted by molar-refractivity contribution is 5.86. The van der Waals surface area contributed by atoms with Gasteiger partial charge in [0.25, 0.3) is 6.43 Å². The molecule has 2 unspecified atom stereocenters. The summed E-state index contributed by atoms with van der Waals surface area (Å²) in [5, 5.41) is 4.51. The molecule has 1 aromatic rings. The number of carbonyl (C=O) groups is 1. The third kappa shape index (κ3) is 3.62. The molecule has 2 aliphatic rings. The van der Waals surface area contributed by atoms with Gasteiger partial charge in [-0.1, -0.05) is 18.7 Å². The summed E-state index contributed by atoms with van der Waals surface area (Å²) in [6, 6.07) is 6.16. The average molecular weight is 351 g/mol. The number of amides is 1. The number of fused-ring (bicyclic) bond motifs is 1. The number of nitroso groups, excluding NO2 is 1. The smallest absolute Gasteiger partial charge is 0.263 e. The van der Waals surface area contributed by atoms with Crippen LogP contribution in [0.5, 0.6) is 0 Å². The number of alkyl halides is 2. The molecule has 1 amide bonds. The molecule has 6 nitrogen and oxygen atoms in total. The van der Waals surface area contributed by atoms with Crippen LogP contribution in [0.2, 0.25) is 0 Å². The first-order valence-corrected chi connectivity index (χ1v) is 8.26. The van der Waals surface area contributed by atoms with Crippen molar-refractivity contribution in [3.05, 3.63) is 47.4 Å². The first-order valence-electron chi connectivity index (χ1n) is 8.26. The van der Waals surface area contributed by atoms with E-state index >= 15 is 0 Å². The maximum Gasteiger partial charge on any atom is 0.263 e. The Balaban J connectivity index is 1.78. The van der Waals surface area contributed by atoms with Crippen LogP contribution in [0.4, 0.5) is 14.5 Å². The van der Waals surface area contributed by atoms with Crippen molar-refractivity contribution in [3.63, 3.8) is 0 Å². The first-order chi connectivity index (χ1) is 12.0. The first kappa shape index (κ1) is 17.3. The summed E-state index contributed by atoms with van der Waals surface area (Å²) in [7, 11) is 0. The van der Waals surface area contributed by atoms with Crippen LogP contribution in [0.1, 0.15) is 18.4 Å². The van der Waals surface area contributed by atoms with Crippen LogP contribution in [0.3, 0.4) is 0 Å². The van der Waals surface area contributed by atoms with Crippen molar-refractivity contribution >= 4 is 11.6 Å². The molecule has 8 heteroatoms. The van der Waals surface area contributed by atoms with Gasteiger partial charge in [0.2, 0.25) is 12.5 Å². The van der Waals surface area contributed by atoms with Crippen molar-refractivity contribution in [1.82, 2.24) is 10.3 Å². The summed E-state index contributed by atoms with van der Waals surface area (Å²) in [6.45, 7) is 5.44. The summed E-state index contributed by atoms with van der Waals surface area (Å²) < 4.78 is 25.5. The maximum atomic E-state index is 12.8. The van der Waals surface area contributed by atoms with Crippen molar-refractivity contribution in [1.29, 1.82) is 0 Å². The molecule has 0 spiro atoms. The molecule has 134 valence electrons. The maximum absolute atomic E-state index is 12.8. The predicted molar refractivity (Wildman–Crippen MR) is 89.0 cm³/mol. The number of halogens is 2. The number of hydrogen-bond acceptors (Lipinski definition) is 3. The van der Waals surface area contributed by atoms with Crippen molar-refractivity contribution in [2.45, 2.75) is 19.0 Å². The van der Waals surface area contributed by atoms with E-state index in [0.29, 0.717) is 32.6 Å². The number of carbonyl (C=O) groups excluding carboxylic acids is 1. The van der Waals surface area contributed by atoms with E-state index in [0.717, 1.165) is 10.6 Å². The third-order valence-electron chi connectivity index (χ3n) is 4.70. The number of hydrazine groups is 1. The monoisotopic (exact) mass is 351 g/mol. The zero-order valence-corrected chi connectivity index (χ0v) is 13.8. The Morgan fingerprint density at radius 1 is 1.36 bits per heavy atom. The summed E-state index contributed by atoms with van der Waals surface area (Å²) in [5.74, 6) is -0.208. The quantitative estimate of drug-likeness (QED) is 0.652. The van der Waals surface area contributed by atoms with Gasteiger partial charge in [0, 0.05) is 30.3 Å². The van der Waals surface area contributed by atoms with Gasteiger partial charge in [-0.15, -0.1) is 5.01 Å². The lowest BCUT2D eigenvalue weighted by Crippen LogP contribution is -2.57. The van der Waals surface area contributed by atoms with E-state index in [9.17, 15) is 18.5 Å². The highest BCUT2D eigenvalue weighted by Crippen LogP contribution is 2.31. The Kier molecular flexibility index (Phi) is 4.96. The minimum Gasteiger partial charge on any atom is -0.352 e. The molecule has 0 saturated carbocycles. The summed E-state index contributed by atoms with van der Waals surface area (Å²) in [6.07, 6.45) is -0.688. The predicted octanol–water partition coefficient (Wildman–Crippen LogP) is 2.09. The molecule has 0 aliphatic carbocycles. The van der Waals surface area contributed by atoms with Gasteiger partial charge in [-0.3, -0.25) is 4.79 Å². The molecule has 2 fully saturated rings. The lowest BCUT2D eigenvalue weighted by molar-refractivity contribution is -0.692.